The predicted molar refractivity (Wildman–Crippen MR) is 94.7 cm³/mol. The molecule has 0 saturated heterocycles. The van der Waals surface area contributed by atoms with Crippen LogP contribution in [-0.4, -0.2) is 18.3 Å². The minimum absolute atomic E-state index is 0.293. The number of rotatable bonds is 8. The van der Waals surface area contributed by atoms with E-state index in [1.165, 1.54) is 31.2 Å². The van der Waals surface area contributed by atoms with Crippen molar-refractivity contribution in [2.45, 2.75) is 58.8 Å². The molecule has 1 aromatic carbocycles. The van der Waals surface area contributed by atoms with E-state index in [-0.39, 0.29) is 0 Å². The van der Waals surface area contributed by atoms with E-state index in [0.29, 0.717) is 12.0 Å². The normalized spacial score (nSPS) is 28.2. The second kappa shape index (κ2) is 7.25. The summed E-state index contributed by atoms with van der Waals surface area (Å²) in [4.78, 5) is 0. The van der Waals surface area contributed by atoms with Crippen molar-refractivity contribution in [3.05, 3.63) is 29.8 Å². The molecule has 3 aliphatic carbocycles. The summed E-state index contributed by atoms with van der Waals surface area (Å²) < 4.78 is 5.98. The molecule has 3 fully saturated rings. The lowest BCUT2D eigenvalue weighted by Crippen LogP contribution is -2.52. The zero-order chi connectivity index (χ0) is 16.3. The Bertz CT molecular complexity index is 489. The molecule has 2 nitrogen and oxygen atoms in total. The molecule has 128 valence electrons. The third-order valence-electron chi connectivity index (χ3n) is 6.56. The van der Waals surface area contributed by atoms with Gasteiger partial charge in [-0.05, 0) is 85.8 Å². The Labute approximate surface area is 141 Å². The van der Waals surface area contributed by atoms with Crippen LogP contribution < -0.4 is 4.74 Å². The number of hydrogen-bond donors (Lipinski definition) is 1. The minimum Gasteiger partial charge on any atom is -0.494 e. The van der Waals surface area contributed by atoms with Crippen LogP contribution in [0.5, 0.6) is 5.75 Å². The summed E-state index contributed by atoms with van der Waals surface area (Å²) in [5.74, 6) is 3.78. The lowest BCUT2D eigenvalue weighted by molar-refractivity contribution is -0.108. The van der Waals surface area contributed by atoms with Gasteiger partial charge in [0.25, 0.3) is 0 Å². The van der Waals surface area contributed by atoms with Crippen LogP contribution in [-0.2, 0) is 6.42 Å². The number of aliphatic hydroxyl groups excluding tert-OH is 1. The molecule has 3 atom stereocenters. The van der Waals surface area contributed by atoms with Crippen molar-refractivity contribution in [2.24, 2.45) is 23.2 Å². The molecule has 3 saturated carbocycles. The highest BCUT2D eigenvalue weighted by Crippen LogP contribution is 2.61. The topological polar surface area (TPSA) is 29.5 Å². The van der Waals surface area contributed by atoms with Gasteiger partial charge in [0, 0.05) is 6.61 Å². The van der Waals surface area contributed by atoms with Gasteiger partial charge >= 0.3 is 0 Å². The van der Waals surface area contributed by atoms with Gasteiger partial charge in [0.15, 0.2) is 0 Å². The average Bonchev–Trinajstić information content (AvgIpc) is 2.56. The molecule has 23 heavy (non-hydrogen) atoms. The Morgan fingerprint density at radius 1 is 1.13 bits per heavy atom. The maximum absolute atomic E-state index is 8.83. The van der Waals surface area contributed by atoms with Crippen molar-refractivity contribution >= 4 is 0 Å². The second-order valence-corrected chi connectivity index (χ2v) is 8.16. The first-order chi connectivity index (χ1) is 11.1. The largest absolute Gasteiger partial charge is 0.494 e. The Kier molecular flexibility index (Phi) is 5.31. The van der Waals surface area contributed by atoms with E-state index in [1.807, 2.05) is 0 Å². The molecule has 0 radical (unpaired) electrons. The lowest BCUT2D eigenvalue weighted by atomic mass is 9.45. The molecule has 1 aromatic rings. The van der Waals surface area contributed by atoms with Crippen molar-refractivity contribution in [3.8, 4) is 5.75 Å². The van der Waals surface area contributed by atoms with E-state index in [9.17, 15) is 0 Å². The first-order valence-electron chi connectivity index (χ1n) is 9.44. The number of unbranched alkanes of at least 4 members (excludes halogenated alkanes) is 1. The van der Waals surface area contributed by atoms with Crippen LogP contribution in [0.25, 0.3) is 0 Å². The smallest absolute Gasteiger partial charge is 0.119 e. The third kappa shape index (κ3) is 3.74. The number of benzene rings is 1. The molecule has 0 aromatic heterocycles. The number of aliphatic hydroxyl groups is 1. The average molecular weight is 316 g/mol. The van der Waals surface area contributed by atoms with Gasteiger partial charge in [-0.25, -0.2) is 0 Å². The maximum atomic E-state index is 8.83. The van der Waals surface area contributed by atoms with Crippen LogP contribution >= 0.6 is 0 Å². The molecule has 3 aliphatic rings. The molecule has 0 amide bonds. The highest BCUT2D eigenvalue weighted by Gasteiger charge is 2.53. The standard InChI is InChI=1S/C21H32O2/c1-21(2)18-9-8-17(20(21)15-18)12-14-23-19-10-6-16(7-11-19)5-3-4-13-22/h6-7,10-11,17-18,20,22H,3-5,8-9,12-15H2,1-2H3. The van der Waals surface area contributed by atoms with Crippen molar-refractivity contribution in [3.63, 3.8) is 0 Å². The highest BCUT2D eigenvalue weighted by molar-refractivity contribution is 5.27. The van der Waals surface area contributed by atoms with Crippen LogP contribution in [0.15, 0.2) is 24.3 Å². The zero-order valence-electron chi connectivity index (χ0n) is 14.8. The van der Waals surface area contributed by atoms with Gasteiger partial charge in [-0.2, -0.15) is 0 Å². The molecule has 0 heterocycles. The van der Waals surface area contributed by atoms with Gasteiger partial charge in [0.2, 0.25) is 0 Å². The van der Waals surface area contributed by atoms with Crippen molar-refractivity contribution in [2.75, 3.05) is 13.2 Å². The molecule has 4 rings (SSSR count). The molecule has 1 N–H and O–H groups in total. The van der Waals surface area contributed by atoms with E-state index >= 15 is 0 Å². The molecule has 2 heteroatoms. The summed E-state index contributed by atoms with van der Waals surface area (Å²) in [6, 6.07) is 8.51. The van der Waals surface area contributed by atoms with Crippen LogP contribution in [0.4, 0.5) is 0 Å². The minimum atomic E-state index is 0.293. The molecule has 2 bridgehead atoms. The van der Waals surface area contributed by atoms with Crippen molar-refractivity contribution < 1.29 is 9.84 Å². The Balaban J connectivity index is 1.40. The zero-order valence-corrected chi connectivity index (χ0v) is 14.8. The van der Waals surface area contributed by atoms with Crippen LogP contribution in [0.1, 0.15) is 57.9 Å². The van der Waals surface area contributed by atoms with Gasteiger partial charge in [-0.1, -0.05) is 26.0 Å². The summed E-state index contributed by atoms with van der Waals surface area (Å²) in [5, 5.41) is 8.83. The number of ether oxygens (including phenoxy) is 1. The fourth-order valence-electron chi connectivity index (χ4n) is 4.83. The Morgan fingerprint density at radius 2 is 1.91 bits per heavy atom. The fourth-order valence-corrected chi connectivity index (χ4v) is 4.83. The van der Waals surface area contributed by atoms with E-state index in [0.717, 1.165) is 49.4 Å². The molecular weight excluding hydrogens is 284 g/mol. The number of aryl methyl sites for hydroxylation is 1. The Hall–Kier alpha value is -1.02. The van der Waals surface area contributed by atoms with Crippen LogP contribution in [0, 0.1) is 23.2 Å². The summed E-state index contributed by atoms with van der Waals surface area (Å²) >= 11 is 0. The van der Waals surface area contributed by atoms with Gasteiger partial charge in [-0.15, -0.1) is 0 Å². The highest BCUT2D eigenvalue weighted by atomic mass is 16.5. The van der Waals surface area contributed by atoms with Crippen LogP contribution in [0.2, 0.25) is 0 Å². The van der Waals surface area contributed by atoms with E-state index in [4.69, 9.17) is 9.84 Å². The molecule has 3 unspecified atom stereocenters. The summed E-state index contributed by atoms with van der Waals surface area (Å²) in [6.45, 7) is 6.08. The lowest BCUT2D eigenvalue weighted by Gasteiger charge is -2.60. The monoisotopic (exact) mass is 316 g/mol. The molecular formula is C21H32O2. The van der Waals surface area contributed by atoms with E-state index in [2.05, 4.69) is 38.1 Å². The SMILES string of the molecule is CC1(C)C2CCC(CCOc3ccc(CCCCO)cc3)C1C2. The van der Waals surface area contributed by atoms with Gasteiger partial charge < -0.3 is 9.84 Å². The fraction of sp³-hybridized carbons (Fsp3) is 0.714. The van der Waals surface area contributed by atoms with Crippen molar-refractivity contribution in [1.82, 2.24) is 0 Å². The first kappa shape index (κ1) is 16.8. The maximum Gasteiger partial charge on any atom is 0.119 e. The predicted octanol–water partition coefficient (Wildman–Crippen LogP) is 4.84. The van der Waals surface area contributed by atoms with Gasteiger partial charge in [0.05, 0.1) is 6.61 Å². The summed E-state index contributed by atoms with van der Waals surface area (Å²) in [7, 11) is 0. The number of hydrogen-bond acceptors (Lipinski definition) is 2. The first-order valence-corrected chi connectivity index (χ1v) is 9.44. The van der Waals surface area contributed by atoms with E-state index in [1.54, 1.807) is 0 Å². The van der Waals surface area contributed by atoms with E-state index < -0.39 is 0 Å². The van der Waals surface area contributed by atoms with Gasteiger partial charge in [-0.3, -0.25) is 0 Å². The molecule has 0 aliphatic heterocycles. The summed E-state index contributed by atoms with van der Waals surface area (Å²) in [6.07, 6.45) is 8.48. The number of fused-ring (bicyclic) bond motifs is 2. The summed E-state index contributed by atoms with van der Waals surface area (Å²) in [5.41, 5.74) is 1.92. The quantitative estimate of drug-likeness (QED) is 0.695. The van der Waals surface area contributed by atoms with Crippen LogP contribution in [0.3, 0.4) is 0 Å². The second-order valence-electron chi connectivity index (χ2n) is 8.16. The Morgan fingerprint density at radius 3 is 2.57 bits per heavy atom. The van der Waals surface area contributed by atoms with Crippen molar-refractivity contribution in [1.29, 1.82) is 0 Å². The third-order valence-corrected chi connectivity index (χ3v) is 6.56. The molecule has 0 spiro atoms. The van der Waals surface area contributed by atoms with Gasteiger partial charge in [0.1, 0.15) is 5.75 Å².